The van der Waals surface area contributed by atoms with E-state index in [1.807, 2.05) is 0 Å². The van der Waals surface area contributed by atoms with Crippen LogP contribution >= 0.6 is 0 Å². The summed E-state index contributed by atoms with van der Waals surface area (Å²) < 4.78 is 6.55. The molecule has 0 saturated carbocycles. The van der Waals surface area contributed by atoms with Gasteiger partial charge in [0.15, 0.2) is 0 Å². The molecular formula is C27H18O. The Hall–Kier alpha value is -3.58. The second-order valence-electron chi connectivity index (χ2n) is 7.32. The Bertz CT molecular complexity index is 1330. The van der Waals surface area contributed by atoms with E-state index < -0.39 is 0 Å². The number of fused-ring (bicyclic) bond motifs is 7. The Labute approximate surface area is 163 Å². The Morgan fingerprint density at radius 1 is 0.500 bits per heavy atom. The van der Waals surface area contributed by atoms with Gasteiger partial charge in [0, 0.05) is 22.4 Å². The van der Waals surface area contributed by atoms with E-state index in [1.165, 1.54) is 38.2 Å². The first kappa shape index (κ1) is 15.5. The Kier molecular flexibility index (Phi) is 3.30. The first-order valence-corrected chi connectivity index (χ1v) is 9.67. The first-order valence-electron chi connectivity index (χ1n) is 9.67. The lowest BCUT2D eigenvalue weighted by Crippen LogP contribution is -2.12. The SMILES string of the molecule is c1ccc(C2c3ccccc3Oc3c2c2ccccc2c2ccccc32)cc1. The second-order valence-corrected chi connectivity index (χ2v) is 7.32. The van der Waals surface area contributed by atoms with Crippen LogP contribution in [-0.4, -0.2) is 0 Å². The largest absolute Gasteiger partial charge is 0.456 e. The number of hydrogen-bond acceptors (Lipinski definition) is 1. The third-order valence-electron chi connectivity index (χ3n) is 5.79. The van der Waals surface area contributed by atoms with Crippen molar-refractivity contribution in [2.75, 3.05) is 0 Å². The van der Waals surface area contributed by atoms with Crippen LogP contribution in [0.5, 0.6) is 11.5 Å². The van der Waals surface area contributed by atoms with Crippen LogP contribution in [0.2, 0.25) is 0 Å². The van der Waals surface area contributed by atoms with Gasteiger partial charge < -0.3 is 4.74 Å². The predicted octanol–water partition coefficient (Wildman–Crippen LogP) is 7.28. The average molecular weight is 358 g/mol. The van der Waals surface area contributed by atoms with E-state index in [0.29, 0.717) is 0 Å². The van der Waals surface area contributed by atoms with Gasteiger partial charge in [0.1, 0.15) is 11.5 Å². The lowest BCUT2D eigenvalue weighted by atomic mass is 9.79. The lowest BCUT2D eigenvalue weighted by Gasteiger charge is -2.31. The van der Waals surface area contributed by atoms with Crippen LogP contribution in [0.4, 0.5) is 0 Å². The highest BCUT2D eigenvalue weighted by atomic mass is 16.5. The van der Waals surface area contributed by atoms with Crippen molar-refractivity contribution in [3.63, 3.8) is 0 Å². The van der Waals surface area contributed by atoms with Crippen molar-refractivity contribution in [1.29, 1.82) is 0 Å². The monoisotopic (exact) mass is 358 g/mol. The van der Waals surface area contributed by atoms with Crippen molar-refractivity contribution in [1.82, 2.24) is 0 Å². The van der Waals surface area contributed by atoms with Crippen LogP contribution in [0.3, 0.4) is 0 Å². The zero-order chi connectivity index (χ0) is 18.5. The van der Waals surface area contributed by atoms with Crippen LogP contribution in [0.25, 0.3) is 21.5 Å². The van der Waals surface area contributed by atoms with Crippen LogP contribution in [0, 0.1) is 0 Å². The molecule has 5 aromatic rings. The fraction of sp³-hybridized carbons (Fsp3) is 0.0370. The first-order chi connectivity index (χ1) is 13.9. The molecule has 1 unspecified atom stereocenters. The predicted molar refractivity (Wildman–Crippen MR) is 115 cm³/mol. The van der Waals surface area contributed by atoms with Crippen LogP contribution < -0.4 is 4.74 Å². The maximum absolute atomic E-state index is 6.55. The Morgan fingerprint density at radius 2 is 1.07 bits per heavy atom. The minimum atomic E-state index is 0.149. The molecule has 0 saturated heterocycles. The standard InChI is InChI=1S/C27H18O/c1-2-10-18(11-3-1)25-23-16-8-9-17-24(23)28-27-22-15-7-5-13-20(22)19-12-4-6-14-21(19)26(25)27/h1-17,25H. The third-order valence-corrected chi connectivity index (χ3v) is 5.79. The van der Waals surface area contributed by atoms with Crippen molar-refractivity contribution in [2.45, 2.75) is 5.92 Å². The van der Waals surface area contributed by atoms with Gasteiger partial charge in [-0.2, -0.15) is 0 Å². The summed E-state index contributed by atoms with van der Waals surface area (Å²) in [6.07, 6.45) is 0. The van der Waals surface area contributed by atoms with E-state index in [-0.39, 0.29) is 5.92 Å². The molecule has 1 aliphatic rings. The van der Waals surface area contributed by atoms with E-state index in [2.05, 4.69) is 103 Å². The molecule has 0 amide bonds. The fourth-order valence-corrected chi connectivity index (χ4v) is 4.60. The summed E-state index contributed by atoms with van der Waals surface area (Å²) in [5.74, 6) is 2.08. The molecule has 0 aromatic heterocycles. The van der Waals surface area contributed by atoms with Crippen molar-refractivity contribution in [2.24, 2.45) is 0 Å². The molecule has 5 aromatic carbocycles. The number of benzene rings is 5. The van der Waals surface area contributed by atoms with Gasteiger partial charge in [-0.15, -0.1) is 0 Å². The van der Waals surface area contributed by atoms with Crippen LogP contribution in [0.15, 0.2) is 103 Å². The summed E-state index contributed by atoms with van der Waals surface area (Å²) in [7, 11) is 0. The van der Waals surface area contributed by atoms with Crippen LogP contribution in [0.1, 0.15) is 22.6 Å². The molecule has 1 heterocycles. The summed E-state index contributed by atoms with van der Waals surface area (Å²) in [4.78, 5) is 0. The summed E-state index contributed by atoms with van der Waals surface area (Å²) in [6, 6.07) is 36.5. The van der Waals surface area contributed by atoms with Gasteiger partial charge in [-0.25, -0.2) is 0 Å². The van der Waals surface area contributed by atoms with Crippen molar-refractivity contribution in [3.05, 3.63) is 120 Å². The molecule has 0 radical (unpaired) electrons. The van der Waals surface area contributed by atoms with E-state index in [4.69, 9.17) is 4.74 Å². The Balaban J connectivity index is 1.81. The maximum Gasteiger partial charge on any atom is 0.140 e. The van der Waals surface area contributed by atoms with Crippen LogP contribution in [-0.2, 0) is 0 Å². The molecule has 0 fully saturated rings. The quantitative estimate of drug-likeness (QED) is 0.281. The number of para-hydroxylation sites is 1. The normalized spacial score (nSPS) is 15.1. The summed E-state index contributed by atoms with van der Waals surface area (Å²) >= 11 is 0. The van der Waals surface area contributed by atoms with Gasteiger partial charge in [0.25, 0.3) is 0 Å². The third kappa shape index (κ3) is 2.13. The van der Waals surface area contributed by atoms with Crippen molar-refractivity contribution >= 4 is 21.5 Å². The maximum atomic E-state index is 6.55. The van der Waals surface area contributed by atoms with E-state index in [9.17, 15) is 0 Å². The highest BCUT2D eigenvalue weighted by Crippen LogP contribution is 2.52. The van der Waals surface area contributed by atoms with Gasteiger partial charge in [0.2, 0.25) is 0 Å². The zero-order valence-electron chi connectivity index (χ0n) is 15.3. The minimum Gasteiger partial charge on any atom is -0.456 e. The van der Waals surface area contributed by atoms with Crippen molar-refractivity contribution < 1.29 is 4.74 Å². The molecule has 1 atom stereocenters. The van der Waals surface area contributed by atoms with Gasteiger partial charge >= 0.3 is 0 Å². The number of ether oxygens (including phenoxy) is 1. The highest BCUT2D eigenvalue weighted by Gasteiger charge is 2.31. The highest BCUT2D eigenvalue weighted by molar-refractivity contribution is 6.13. The second kappa shape index (κ2) is 5.97. The molecule has 0 N–H and O–H groups in total. The zero-order valence-corrected chi connectivity index (χ0v) is 15.3. The smallest absolute Gasteiger partial charge is 0.140 e. The van der Waals surface area contributed by atoms with E-state index >= 15 is 0 Å². The Morgan fingerprint density at radius 3 is 1.86 bits per heavy atom. The van der Waals surface area contributed by atoms with Gasteiger partial charge in [-0.3, -0.25) is 0 Å². The lowest BCUT2D eigenvalue weighted by molar-refractivity contribution is 0.460. The molecular weight excluding hydrogens is 340 g/mol. The van der Waals surface area contributed by atoms with Crippen molar-refractivity contribution in [3.8, 4) is 11.5 Å². The molecule has 1 nitrogen and oxygen atoms in total. The summed E-state index contributed by atoms with van der Waals surface area (Å²) in [5, 5.41) is 4.95. The average Bonchev–Trinajstić information content (AvgIpc) is 2.78. The molecule has 0 aliphatic carbocycles. The molecule has 0 bridgehead atoms. The van der Waals surface area contributed by atoms with Gasteiger partial charge in [-0.05, 0) is 27.8 Å². The van der Waals surface area contributed by atoms with E-state index in [0.717, 1.165) is 11.5 Å². The topological polar surface area (TPSA) is 9.23 Å². The number of rotatable bonds is 1. The summed E-state index contributed by atoms with van der Waals surface area (Å²) in [6.45, 7) is 0. The van der Waals surface area contributed by atoms with E-state index in [1.54, 1.807) is 0 Å². The molecule has 6 rings (SSSR count). The number of hydrogen-bond donors (Lipinski definition) is 0. The van der Waals surface area contributed by atoms with Gasteiger partial charge in [0.05, 0.1) is 0 Å². The summed E-state index contributed by atoms with van der Waals surface area (Å²) in [5.41, 5.74) is 3.78. The molecule has 0 spiro atoms. The molecule has 1 heteroatoms. The molecule has 1 aliphatic heterocycles. The molecule has 132 valence electrons. The molecule has 28 heavy (non-hydrogen) atoms. The van der Waals surface area contributed by atoms with Gasteiger partial charge in [-0.1, -0.05) is 97.1 Å². The minimum absolute atomic E-state index is 0.149. The fourth-order valence-electron chi connectivity index (χ4n) is 4.60.